The highest BCUT2D eigenvalue weighted by Gasteiger charge is 2.27. The van der Waals surface area contributed by atoms with Gasteiger partial charge in [0.05, 0.1) is 11.4 Å². The Bertz CT molecular complexity index is 392. The maximum absolute atomic E-state index is 10.1. The summed E-state index contributed by atoms with van der Waals surface area (Å²) in [6.45, 7) is 3.85. The van der Waals surface area contributed by atoms with Gasteiger partial charge in [-0.2, -0.15) is 9.98 Å². The molecule has 0 bridgehead atoms. The van der Waals surface area contributed by atoms with Crippen molar-refractivity contribution < 1.29 is 9.59 Å². The molecule has 4 heteroatoms. The van der Waals surface area contributed by atoms with E-state index in [9.17, 15) is 9.59 Å². The SMILES string of the molecule is CC1(C)CC(N=C=O)=CC=C1N=C=O. The van der Waals surface area contributed by atoms with E-state index in [0.717, 1.165) is 0 Å². The second-order valence-corrected chi connectivity index (χ2v) is 3.68. The van der Waals surface area contributed by atoms with E-state index < -0.39 is 0 Å². The molecular formula is C10H10N2O2. The molecule has 0 saturated carbocycles. The van der Waals surface area contributed by atoms with Crippen LogP contribution >= 0.6 is 0 Å². The summed E-state index contributed by atoms with van der Waals surface area (Å²) in [5.74, 6) is 0. The van der Waals surface area contributed by atoms with Crippen molar-refractivity contribution in [1.82, 2.24) is 0 Å². The first kappa shape index (κ1) is 10.3. The van der Waals surface area contributed by atoms with Crippen LogP contribution in [0.2, 0.25) is 0 Å². The highest BCUT2D eigenvalue weighted by atomic mass is 16.1. The molecule has 0 amide bonds. The highest BCUT2D eigenvalue weighted by molar-refractivity contribution is 5.43. The summed E-state index contributed by atoms with van der Waals surface area (Å²) in [5.41, 5.74) is 1.01. The summed E-state index contributed by atoms with van der Waals surface area (Å²) < 4.78 is 0. The van der Waals surface area contributed by atoms with Gasteiger partial charge in [0.25, 0.3) is 0 Å². The maximum Gasteiger partial charge on any atom is 0.240 e. The number of carbonyl (C=O) groups excluding carboxylic acids is 2. The minimum atomic E-state index is -0.290. The van der Waals surface area contributed by atoms with Crippen LogP contribution in [0.15, 0.2) is 33.5 Å². The van der Waals surface area contributed by atoms with Gasteiger partial charge in [0.15, 0.2) is 0 Å². The third-order valence-electron chi connectivity index (χ3n) is 2.11. The van der Waals surface area contributed by atoms with Crippen LogP contribution in [0.4, 0.5) is 0 Å². The van der Waals surface area contributed by atoms with Crippen LogP contribution in [0.1, 0.15) is 20.3 Å². The first-order valence-electron chi connectivity index (χ1n) is 4.17. The molecule has 0 fully saturated rings. The minimum Gasteiger partial charge on any atom is -0.211 e. The zero-order valence-corrected chi connectivity index (χ0v) is 8.07. The Hall–Kier alpha value is -1.76. The van der Waals surface area contributed by atoms with Gasteiger partial charge in [-0.15, -0.1) is 0 Å². The molecule has 0 heterocycles. The standard InChI is InChI=1S/C10H10N2O2/c1-10(2)5-8(11-6-13)3-4-9(10)12-7-14/h3-4H,5H2,1-2H3. The van der Waals surface area contributed by atoms with Gasteiger partial charge in [-0.25, -0.2) is 9.59 Å². The Labute approximate surface area is 81.8 Å². The molecule has 0 aliphatic heterocycles. The van der Waals surface area contributed by atoms with Crippen LogP contribution in [-0.2, 0) is 9.59 Å². The lowest BCUT2D eigenvalue weighted by Gasteiger charge is -2.26. The van der Waals surface area contributed by atoms with Crippen LogP contribution in [0.25, 0.3) is 0 Å². The van der Waals surface area contributed by atoms with Crippen LogP contribution in [-0.4, -0.2) is 12.2 Å². The molecule has 14 heavy (non-hydrogen) atoms. The lowest BCUT2D eigenvalue weighted by molar-refractivity contribution is 0.428. The molecule has 1 aliphatic rings. The summed E-state index contributed by atoms with van der Waals surface area (Å²) in [4.78, 5) is 27.3. The Kier molecular flexibility index (Phi) is 2.92. The van der Waals surface area contributed by atoms with Crippen LogP contribution < -0.4 is 0 Å². The number of isocyanates is 2. The zero-order valence-electron chi connectivity index (χ0n) is 8.07. The Balaban J connectivity index is 3.08. The van der Waals surface area contributed by atoms with E-state index in [1.807, 2.05) is 13.8 Å². The van der Waals surface area contributed by atoms with Crippen molar-refractivity contribution in [2.75, 3.05) is 0 Å². The van der Waals surface area contributed by atoms with Crippen molar-refractivity contribution in [3.8, 4) is 0 Å². The molecule has 0 aromatic rings. The molecule has 72 valence electrons. The first-order chi connectivity index (χ1) is 6.60. The third-order valence-corrected chi connectivity index (χ3v) is 2.11. The largest absolute Gasteiger partial charge is 0.240 e. The van der Waals surface area contributed by atoms with Gasteiger partial charge in [-0.3, -0.25) is 0 Å². The fourth-order valence-corrected chi connectivity index (χ4v) is 1.38. The first-order valence-corrected chi connectivity index (χ1v) is 4.17. The Morgan fingerprint density at radius 2 is 1.86 bits per heavy atom. The van der Waals surface area contributed by atoms with Gasteiger partial charge < -0.3 is 0 Å². The number of hydrogen-bond acceptors (Lipinski definition) is 4. The number of allylic oxidation sites excluding steroid dienone is 4. The van der Waals surface area contributed by atoms with E-state index in [0.29, 0.717) is 17.8 Å². The highest BCUT2D eigenvalue weighted by Crippen LogP contribution is 2.37. The Morgan fingerprint density at radius 1 is 1.21 bits per heavy atom. The van der Waals surface area contributed by atoms with Crippen molar-refractivity contribution in [3.05, 3.63) is 23.5 Å². The van der Waals surface area contributed by atoms with E-state index in [-0.39, 0.29) is 5.41 Å². The fourth-order valence-electron chi connectivity index (χ4n) is 1.38. The molecule has 0 atom stereocenters. The number of hydrogen-bond donors (Lipinski definition) is 0. The van der Waals surface area contributed by atoms with E-state index >= 15 is 0 Å². The molecule has 1 aliphatic carbocycles. The lowest BCUT2D eigenvalue weighted by Crippen LogP contribution is -2.16. The predicted octanol–water partition coefficient (Wildman–Crippen LogP) is 1.86. The molecular weight excluding hydrogens is 180 g/mol. The zero-order chi connectivity index (χ0) is 10.6. The van der Waals surface area contributed by atoms with Crippen LogP contribution in [0, 0.1) is 5.41 Å². The fraction of sp³-hybridized carbons (Fsp3) is 0.400. The van der Waals surface area contributed by atoms with Crippen LogP contribution in [0.5, 0.6) is 0 Å². The van der Waals surface area contributed by atoms with Crippen molar-refractivity contribution in [1.29, 1.82) is 0 Å². The molecule has 0 saturated heterocycles. The van der Waals surface area contributed by atoms with Crippen molar-refractivity contribution >= 4 is 12.2 Å². The summed E-state index contributed by atoms with van der Waals surface area (Å²) >= 11 is 0. The molecule has 0 aromatic carbocycles. The van der Waals surface area contributed by atoms with E-state index in [2.05, 4.69) is 9.98 Å². The molecule has 1 rings (SSSR count). The monoisotopic (exact) mass is 190 g/mol. The summed E-state index contributed by atoms with van der Waals surface area (Å²) in [7, 11) is 0. The average Bonchev–Trinajstić information content (AvgIpc) is 2.10. The number of aliphatic imine (C=N–C) groups is 2. The third kappa shape index (κ3) is 2.13. The normalized spacial score (nSPS) is 18.4. The van der Waals surface area contributed by atoms with E-state index in [4.69, 9.17) is 0 Å². The minimum absolute atomic E-state index is 0.290. The average molecular weight is 190 g/mol. The second kappa shape index (κ2) is 3.97. The molecule has 0 unspecified atom stereocenters. The topological polar surface area (TPSA) is 58.9 Å². The predicted molar refractivity (Wildman–Crippen MR) is 50.8 cm³/mol. The van der Waals surface area contributed by atoms with Crippen molar-refractivity contribution in [2.45, 2.75) is 20.3 Å². The molecule has 4 nitrogen and oxygen atoms in total. The van der Waals surface area contributed by atoms with E-state index in [1.165, 1.54) is 12.2 Å². The van der Waals surface area contributed by atoms with Crippen molar-refractivity contribution in [2.24, 2.45) is 15.4 Å². The van der Waals surface area contributed by atoms with Gasteiger partial charge >= 0.3 is 0 Å². The second-order valence-electron chi connectivity index (χ2n) is 3.68. The van der Waals surface area contributed by atoms with Gasteiger partial charge in [0.1, 0.15) is 0 Å². The van der Waals surface area contributed by atoms with Gasteiger partial charge in [-0.1, -0.05) is 13.8 Å². The number of rotatable bonds is 2. The lowest BCUT2D eigenvalue weighted by atomic mass is 9.81. The van der Waals surface area contributed by atoms with Crippen molar-refractivity contribution in [3.63, 3.8) is 0 Å². The van der Waals surface area contributed by atoms with Gasteiger partial charge in [0, 0.05) is 11.8 Å². The summed E-state index contributed by atoms with van der Waals surface area (Å²) in [6, 6.07) is 0. The summed E-state index contributed by atoms with van der Waals surface area (Å²) in [6.07, 6.45) is 6.90. The quantitative estimate of drug-likeness (QED) is 0.493. The molecule has 0 aromatic heterocycles. The van der Waals surface area contributed by atoms with Gasteiger partial charge in [0.2, 0.25) is 12.2 Å². The molecule has 0 radical (unpaired) electrons. The smallest absolute Gasteiger partial charge is 0.211 e. The molecule has 0 spiro atoms. The van der Waals surface area contributed by atoms with E-state index in [1.54, 1.807) is 12.2 Å². The maximum atomic E-state index is 10.1. The van der Waals surface area contributed by atoms with Gasteiger partial charge in [-0.05, 0) is 12.2 Å². The summed E-state index contributed by atoms with van der Waals surface area (Å²) in [5, 5.41) is 0. The Morgan fingerprint density at radius 3 is 2.36 bits per heavy atom. The number of nitrogens with zero attached hydrogens (tertiary/aromatic N) is 2. The van der Waals surface area contributed by atoms with Crippen LogP contribution in [0.3, 0.4) is 0 Å². The molecule has 0 N–H and O–H groups in total.